The molecule has 1 unspecified atom stereocenters. The standard InChI is InChI=1S/C21H38O2Si3/c1-13-21(10,23-26(17-5,18-6)19-7)24(11,12)22-20(8,9)25(14-2,15-3)16-4/h14-19H,2-7,13H2,1,8-12H3. The summed E-state index contributed by atoms with van der Waals surface area (Å²) in [4.78, 5) is 0. The van der Waals surface area contributed by atoms with Crippen molar-refractivity contribution in [2.75, 3.05) is 0 Å². The first kappa shape index (κ1) is 25.0. The predicted molar refractivity (Wildman–Crippen MR) is 125 cm³/mol. The topological polar surface area (TPSA) is 18.5 Å². The molecule has 0 aliphatic carbocycles. The lowest BCUT2D eigenvalue weighted by atomic mass is 10.3. The molecule has 0 fully saturated rings. The van der Waals surface area contributed by atoms with Crippen LogP contribution < -0.4 is 0 Å². The second kappa shape index (κ2) is 8.80. The maximum Gasteiger partial charge on any atom is 0.265 e. The third kappa shape index (κ3) is 4.46. The first-order chi connectivity index (χ1) is 11.8. The van der Waals surface area contributed by atoms with Gasteiger partial charge in [0.15, 0.2) is 8.07 Å². The van der Waals surface area contributed by atoms with Crippen molar-refractivity contribution in [2.45, 2.75) is 57.7 Å². The lowest BCUT2D eigenvalue weighted by molar-refractivity contribution is 0.0902. The minimum absolute atomic E-state index is 0.420. The van der Waals surface area contributed by atoms with Gasteiger partial charge in [0.2, 0.25) is 8.32 Å². The van der Waals surface area contributed by atoms with Crippen molar-refractivity contribution in [3.8, 4) is 0 Å². The van der Waals surface area contributed by atoms with Crippen molar-refractivity contribution < 1.29 is 8.85 Å². The fourth-order valence-corrected chi connectivity index (χ4v) is 12.2. The third-order valence-corrected chi connectivity index (χ3v) is 17.2. The number of rotatable bonds is 13. The van der Waals surface area contributed by atoms with Crippen molar-refractivity contribution in [1.82, 2.24) is 0 Å². The van der Waals surface area contributed by atoms with Crippen molar-refractivity contribution in [3.63, 3.8) is 0 Å². The van der Waals surface area contributed by atoms with E-state index in [1.54, 1.807) is 0 Å². The molecule has 2 nitrogen and oxygen atoms in total. The predicted octanol–water partition coefficient (Wildman–Crippen LogP) is 6.00. The van der Waals surface area contributed by atoms with E-state index in [9.17, 15) is 0 Å². The summed E-state index contributed by atoms with van der Waals surface area (Å²) >= 11 is 0. The largest absolute Gasteiger partial charge is 0.411 e. The van der Waals surface area contributed by atoms with Gasteiger partial charge in [-0.2, -0.15) is 0 Å². The van der Waals surface area contributed by atoms with Crippen LogP contribution in [0.25, 0.3) is 0 Å². The van der Waals surface area contributed by atoms with Gasteiger partial charge in [-0.05, 0) is 40.3 Å². The van der Waals surface area contributed by atoms with E-state index in [-0.39, 0.29) is 0 Å². The minimum Gasteiger partial charge on any atom is -0.411 e. The smallest absolute Gasteiger partial charge is 0.265 e. The molecule has 0 saturated heterocycles. The Morgan fingerprint density at radius 2 is 1.12 bits per heavy atom. The molecule has 26 heavy (non-hydrogen) atoms. The monoisotopic (exact) mass is 406 g/mol. The molecule has 0 aliphatic heterocycles. The summed E-state index contributed by atoms with van der Waals surface area (Å²) in [7, 11) is -7.01. The molecule has 0 saturated carbocycles. The fourth-order valence-electron chi connectivity index (χ4n) is 3.21. The molecule has 0 heterocycles. The highest BCUT2D eigenvalue weighted by Crippen LogP contribution is 2.39. The summed E-state index contributed by atoms with van der Waals surface area (Å²) in [6.07, 6.45) is 0.831. The molecule has 0 spiro atoms. The summed E-state index contributed by atoms with van der Waals surface area (Å²) in [5.74, 6) is 0. The van der Waals surface area contributed by atoms with E-state index < -0.39 is 35.2 Å². The van der Waals surface area contributed by atoms with Gasteiger partial charge < -0.3 is 8.85 Å². The lowest BCUT2D eigenvalue weighted by Gasteiger charge is -2.51. The van der Waals surface area contributed by atoms with E-state index in [0.29, 0.717) is 0 Å². The van der Waals surface area contributed by atoms with Crippen LogP contribution in [-0.2, 0) is 8.85 Å². The van der Waals surface area contributed by atoms with Crippen LogP contribution in [0.5, 0.6) is 0 Å². The summed E-state index contributed by atoms with van der Waals surface area (Å²) in [5.41, 5.74) is 11.6. The van der Waals surface area contributed by atoms with Crippen LogP contribution in [0, 0.1) is 0 Å². The maximum absolute atomic E-state index is 6.88. The Morgan fingerprint density at radius 1 is 0.731 bits per heavy atom. The zero-order valence-corrected chi connectivity index (χ0v) is 20.7. The third-order valence-electron chi connectivity index (χ3n) is 5.87. The van der Waals surface area contributed by atoms with E-state index in [1.807, 2.05) is 34.2 Å². The highest BCUT2D eigenvalue weighted by Gasteiger charge is 2.53. The van der Waals surface area contributed by atoms with E-state index >= 15 is 0 Å². The summed E-state index contributed by atoms with van der Waals surface area (Å²) in [6.45, 7) is 37.0. The molecule has 0 radical (unpaired) electrons. The molecule has 0 aliphatic rings. The molecule has 0 aromatic rings. The molecule has 146 valence electrons. The zero-order valence-electron chi connectivity index (χ0n) is 17.7. The van der Waals surface area contributed by atoms with Gasteiger partial charge in [0, 0.05) is 0 Å². The average Bonchev–Trinajstić information content (AvgIpc) is 2.60. The van der Waals surface area contributed by atoms with E-state index in [4.69, 9.17) is 8.85 Å². The van der Waals surface area contributed by atoms with Crippen LogP contribution >= 0.6 is 0 Å². The van der Waals surface area contributed by atoms with Gasteiger partial charge in [-0.25, -0.2) is 0 Å². The minimum atomic E-state index is -2.43. The van der Waals surface area contributed by atoms with E-state index in [0.717, 1.165) is 6.42 Å². The van der Waals surface area contributed by atoms with Crippen molar-refractivity contribution in [2.24, 2.45) is 0 Å². The Morgan fingerprint density at radius 3 is 1.38 bits per heavy atom. The molecular weight excluding hydrogens is 368 g/mol. The molecule has 5 heteroatoms. The van der Waals surface area contributed by atoms with Gasteiger partial charge in [0.1, 0.15) is 0 Å². The van der Waals surface area contributed by atoms with Crippen molar-refractivity contribution in [3.05, 3.63) is 73.7 Å². The molecule has 0 aromatic heterocycles. The lowest BCUT2D eigenvalue weighted by Crippen LogP contribution is -2.66. The Kier molecular flexibility index (Phi) is 8.46. The van der Waals surface area contributed by atoms with Crippen LogP contribution in [0.15, 0.2) is 73.7 Å². The molecule has 1 atom stereocenters. The SMILES string of the molecule is C=C[Si](C=C)(C=C)OC(C)(CC)[Si](C)(C)OC(C)(C)[Si](C=C)(C=C)C=C. The van der Waals surface area contributed by atoms with Crippen molar-refractivity contribution in [1.29, 1.82) is 0 Å². The maximum atomic E-state index is 6.88. The molecule has 0 rings (SSSR count). The Bertz CT molecular complexity index is 534. The van der Waals surface area contributed by atoms with Gasteiger partial charge in [0.05, 0.1) is 10.4 Å². The van der Waals surface area contributed by atoms with Crippen LogP contribution in [-0.4, -0.2) is 35.2 Å². The van der Waals surface area contributed by atoms with Crippen LogP contribution in [0.2, 0.25) is 13.1 Å². The first-order valence-corrected chi connectivity index (χ1v) is 16.3. The molecule has 0 aromatic carbocycles. The first-order valence-electron chi connectivity index (χ1n) is 9.06. The normalized spacial score (nSPS) is 15.5. The van der Waals surface area contributed by atoms with Crippen LogP contribution in [0.4, 0.5) is 0 Å². The highest BCUT2D eigenvalue weighted by molar-refractivity contribution is 6.96. The van der Waals surface area contributed by atoms with E-state index in [2.05, 4.69) is 80.3 Å². The molecular formula is C21H38O2Si3. The molecule has 0 bridgehead atoms. The van der Waals surface area contributed by atoms with Crippen molar-refractivity contribution >= 4 is 24.7 Å². The summed E-state index contributed by atoms with van der Waals surface area (Å²) < 4.78 is 13.6. The number of hydrogen-bond acceptors (Lipinski definition) is 2. The quantitative estimate of drug-likeness (QED) is 0.349. The average molecular weight is 407 g/mol. The van der Waals surface area contributed by atoms with Gasteiger partial charge in [-0.1, -0.05) is 41.1 Å². The van der Waals surface area contributed by atoms with Gasteiger partial charge in [-0.15, -0.1) is 39.5 Å². The Hall–Kier alpha value is -0.989. The highest BCUT2D eigenvalue weighted by atomic mass is 28.4. The molecule has 0 amide bonds. The second-order valence-electron chi connectivity index (χ2n) is 7.82. The fraction of sp³-hybridized carbons (Fsp3) is 0.429. The second-order valence-corrected chi connectivity index (χ2v) is 19.5. The number of hydrogen-bond donors (Lipinski definition) is 0. The van der Waals surface area contributed by atoms with Crippen LogP contribution in [0.3, 0.4) is 0 Å². The zero-order chi connectivity index (χ0) is 20.9. The van der Waals surface area contributed by atoms with E-state index in [1.165, 1.54) is 0 Å². The summed E-state index contributed by atoms with van der Waals surface area (Å²) in [6, 6.07) is 0. The van der Waals surface area contributed by atoms with Gasteiger partial charge in [0.25, 0.3) is 8.32 Å². The van der Waals surface area contributed by atoms with Gasteiger partial charge >= 0.3 is 0 Å². The van der Waals surface area contributed by atoms with Crippen LogP contribution in [0.1, 0.15) is 34.1 Å². The Balaban J connectivity index is 6.09. The Labute approximate surface area is 165 Å². The summed E-state index contributed by atoms with van der Waals surface area (Å²) in [5, 5.41) is -0.842. The van der Waals surface area contributed by atoms with Gasteiger partial charge in [-0.3, -0.25) is 0 Å². The molecule has 0 N–H and O–H groups in total.